The smallest absolute Gasteiger partial charge is 0.221 e. The van der Waals surface area contributed by atoms with Crippen molar-refractivity contribution in [2.45, 2.75) is 13.3 Å². The van der Waals surface area contributed by atoms with E-state index in [1.54, 1.807) is 11.3 Å². The minimum absolute atomic E-state index is 0.298. The lowest BCUT2D eigenvalue weighted by atomic mass is 10.1. The topological polar surface area (TPSA) is 52.3 Å². The molecule has 1 aromatic heterocycles. The maximum absolute atomic E-state index is 10.9. The van der Waals surface area contributed by atoms with Gasteiger partial charge < -0.3 is 10.5 Å². The summed E-state index contributed by atoms with van der Waals surface area (Å²) in [7, 11) is 0. The summed E-state index contributed by atoms with van der Waals surface area (Å²) in [6.07, 6.45) is 0.300. The van der Waals surface area contributed by atoms with Gasteiger partial charge in [0.05, 0.1) is 13.0 Å². The number of ether oxygens (including phenoxy) is 1. The number of thiophene rings is 1. The van der Waals surface area contributed by atoms with Crippen LogP contribution in [0.15, 0.2) is 23.6 Å². The third-order valence-electron chi connectivity index (χ3n) is 2.30. The predicted octanol–water partition coefficient (Wildman–Crippen LogP) is 2.33. The van der Waals surface area contributed by atoms with Crippen LogP contribution in [0.1, 0.15) is 12.5 Å². The molecule has 1 aromatic carbocycles. The highest BCUT2D eigenvalue weighted by atomic mass is 32.1. The van der Waals surface area contributed by atoms with E-state index in [2.05, 4.69) is 0 Å². The maximum Gasteiger partial charge on any atom is 0.221 e. The standard InChI is InChI=1S/C12H13NO2S/c1-2-15-9-3-4-10-8(5-12(13)14)7-16-11(10)6-9/h3-4,6-7H,2,5H2,1H3,(H2,13,14). The van der Waals surface area contributed by atoms with Crippen molar-refractivity contribution in [2.24, 2.45) is 5.73 Å². The van der Waals surface area contributed by atoms with E-state index in [9.17, 15) is 4.79 Å². The molecule has 0 bridgehead atoms. The van der Waals surface area contributed by atoms with Crippen molar-refractivity contribution in [1.82, 2.24) is 0 Å². The van der Waals surface area contributed by atoms with Gasteiger partial charge >= 0.3 is 0 Å². The van der Waals surface area contributed by atoms with Crippen LogP contribution in [0.5, 0.6) is 5.75 Å². The summed E-state index contributed by atoms with van der Waals surface area (Å²) in [6, 6.07) is 5.89. The lowest BCUT2D eigenvalue weighted by molar-refractivity contribution is -0.117. The number of nitrogens with two attached hydrogens (primary N) is 1. The first kappa shape index (κ1) is 11.0. The third kappa shape index (κ3) is 2.17. The third-order valence-corrected chi connectivity index (χ3v) is 3.30. The zero-order valence-corrected chi connectivity index (χ0v) is 9.84. The number of hydrogen-bond donors (Lipinski definition) is 1. The molecule has 2 aromatic rings. The quantitative estimate of drug-likeness (QED) is 0.884. The number of carbonyl (C=O) groups excluding carboxylic acids is 1. The molecule has 84 valence electrons. The maximum atomic E-state index is 10.9. The molecule has 0 atom stereocenters. The molecule has 0 unspecified atom stereocenters. The minimum Gasteiger partial charge on any atom is -0.494 e. The van der Waals surface area contributed by atoms with Gasteiger partial charge in [-0.1, -0.05) is 0 Å². The van der Waals surface area contributed by atoms with E-state index in [1.165, 1.54) is 0 Å². The molecule has 0 aliphatic carbocycles. The van der Waals surface area contributed by atoms with Gasteiger partial charge in [0.25, 0.3) is 0 Å². The highest BCUT2D eigenvalue weighted by Gasteiger charge is 2.07. The van der Waals surface area contributed by atoms with Gasteiger partial charge in [0.2, 0.25) is 5.91 Å². The Morgan fingerprint density at radius 2 is 2.31 bits per heavy atom. The van der Waals surface area contributed by atoms with Gasteiger partial charge in [-0.15, -0.1) is 11.3 Å². The fourth-order valence-electron chi connectivity index (χ4n) is 1.64. The van der Waals surface area contributed by atoms with Gasteiger partial charge in [-0.2, -0.15) is 0 Å². The average Bonchev–Trinajstić information content (AvgIpc) is 2.61. The second-order valence-electron chi connectivity index (χ2n) is 3.50. The van der Waals surface area contributed by atoms with Gasteiger partial charge in [0, 0.05) is 4.70 Å². The number of rotatable bonds is 4. The number of carbonyl (C=O) groups is 1. The predicted molar refractivity (Wildman–Crippen MR) is 65.9 cm³/mol. The first-order valence-corrected chi connectivity index (χ1v) is 6.00. The number of primary amides is 1. The van der Waals surface area contributed by atoms with Crippen LogP contribution in [0.2, 0.25) is 0 Å². The molecule has 2 rings (SSSR count). The number of benzene rings is 1. The molecule has 2 N–H and O–H groups in total. The molecule has 0 saturated heterocycles. The Bertz CT molecular complexity index is 519. The summed E-state index contributed by atoms with van der Waals surface area (Å²) in [5, 5.41) is 3.07. The zero-order chi connectivity index (χ0) is 11.5. The molecule has 0 aliphatic rings. The van der Waals surface area contributed by atoms with Crippen LogP contribution < -0.4 is 10.5 Å². The van der Waals surface area contributed by atoms with Gasteiger partial charge in [0.1, 0.15) is 5.75 Å². The zero-order valence-electron chi connectivity index (χ0n) is 9.03. The fourth-order valence-corrected chi connectivity index (χ4v) is 2.63. The van der Waals surface area contributed by atoms with E-state index in [0.29, 0.717) is 13.0 Å². The van der Waals surface area contributed by atoms with E-state index in [0.717, 1.165) is 21.4 Å². The normalized spacial score (nSPS) is 10.6. The van der Waals surface area contributed by atoms with Gasteiger partial charge in [-0.3, -0.25) is 4.79 Å². The molecule has 0 spiro atoms. The van der Waals surface area contributed by atoms with Crippen molar-refractivity contribution in [3.63, 3.8) is 0 Å². The van der Waals surface area contributed by atoms with E-state index >= 15 is 0 Å². The van der Waals surface area contributed by atoms with Crippen molar-refractivity contribution < 1.29 is 9.53 Å². The van der Waals surface area contributed by atoms with Crippen LogP contribution in [-0.2, 0) is 11.2 Å². The van der Waals surface area contributed by atoms with Crippen LogP contribution in [0.3, 0.4) is 0 Å². The van der Waals surface area contributed by atoms with Crippen molar-refractivity contribution in [3.05, 3.63) is 29.1 Å². The van der Waals surface area contributed by atoms with Crippen molar-refractivity contribution >= 4 is 27.3 Å². The fraction of sp³-hybridized carbons (Fsp3) is 0.250. The molecule has 0 fully saturated rings. The van der Waals surface area contributed by atoms with E-state index in [-0.39, 0.29) is 5.91 Å². The monoisotopic (exact) mass is 235 g/mol. The first-order valence-electron chi connectivity index (χ1n) is 5.12. The Kier molecular flexibility index (Phi) is 3.10. The number of fused-ring (bicyclic) bond motifs is 1. The number of hydrogen-bond acceptors (Lipinski definition) is 3. The second kappa shape index (κ2) is 4.53. The Balaban J connectivity index is 2.38. The van der Waals surface area contributed by atoms with E-state index < -0.39 is 0 Å². The Labute approximate surface area is 97.8 Å². The van der Waals surface area contributed by atoms with Gasteiger partial charge in [-0.25, -0.2) is 0 Å². The van der Waals surface area contributed by atoms with Crippen LogP contribution >= 0.6 is 11.3 Å². The molecule has 16 heavy (non-hydrogen) atoms. The Morgan fingerprint density at radius 3 is 3.00 bits per heavy atom. The first-order chi connectivity index (χ1) is 7.70. The van der Waals surface area contributed by atoms with Crippen LogP contribution in [-0.4, -0.2) is 12.5 Å². The van der Waals surface area contributed by atoms with Crippen LogP contribution in [0.4, 0.5) is 0 Å². The van der Waals surface area contributed by atoms with Gasteiger partial charge in [-0.05, 0) is 41.5 Å². The Morgan fingerprint density at radius 1 is 1.50 bits per heavy atom. The largest absolute Gasteiger partial charge is 0.494 e. The summed E-state index contributed by atoms with van der Waals surface area (Å²) < 4.78 is 6.55. The Hall–Kier alpha value is -1.55. The second-order valence-corrected chi connectivity index (χ2v) is 4.41. The molecule has 0 saturated carbocycles. The molecular formula is C12H13NO2S. The molecule has 1 amide bonds. The van der Waals surface area contributed by atoms with Crippen LogP contribution in [0.25, 0.3) is 10.1 Å². The van der Waals surface area contributed by atoms with Crippen molar-refractivity contribution in [2.75, 3.05) is 6.61 Å². The van der Waals surface area contributed by atoms with E-state index in [1.807, 2.05) is 30.5 Å². The molecule has 0 aliphatic heterocycles. The van der Waals surface area contributed by atoms with Gasteiger partial charge in [0.15, 0.2) is 0 Å². The molecule has 0 radical (unpaired) electrons. The summed E-state index contributed by atoms with van der Waals surface area (Å²) in [5.41, 5.74) is 6.19. The minimum atomic E-state index is -0.298. The summed E-state index contributed by atoms with van der Waals surface area (Å²) in [5.74, 6) is 0.566. The van der Waals surface area contributed by atoms with Crippen molar-refractivity contribution in [1.29, 1.82) is 0 Å². The van der Waals surface area contributed by atoms with Crippen LogP contribution in [0, 0.1) is 0 Å². The number of amides is 1. The van der Waals surface area contributed by atoms with Crippen molar-refractivity contribution in [3.8, 4) is 5.75 Å². The lowest BCUT2D eigenvalue weighted by Gasteiger charge is -2.02. The van der Waals surface area contributed by atoms with E-state index in [4.69, 9.17) is 10.5 Å². The SMILES string of the molecule is CCOc1ccc2c(CC(N)=O)csc2c1. The molecule has 1 heterocycles. The molecular weight excluding hydrogens is 222 g/mol. The highest BCUT2D eigenvalue weighted by molar-refractivity contribution is 7.17. The summed E-state index contributed by atoms with van der Waals surface area (Å²) in [6.45, 7) is 2.61. The lowest BCUT2D eigenvalue weighted by Crippen LogP contribution is -2.13. The molecule has 4 heteroatoms. The average molecular weight is 235 g/mol. The molecule has 3 nitrogen and oxygen atoms in total. The summed E-state index contributed by atoms with van der Waals surface area (Å²) in [4.78, 5) is 10.9. The summed E-state index contributed by atoms with van der Waals surface area (Å²) >= 11 is 1.61. The highest BCUT2D eigenvalue weighted by Crippen LogP contribution is 2.29.